The molecule has 0 aliphatic heterocycles. The zero-order valence-corrected chi connectivity index (χ0v) is 13.6. The second kappa shape index (κ2) is 7.62. The summed E-state index contributed by atoms with van der Waals surface area (Å²) in [6.07, 6.45) is 9.34. The van der Waals surface area contributed by atoms with Gasteiger partial charge in [-0.15, -0.1) is 0 Å². The van der Waals surface area contributed by atoms with Gasteiger partial charge in [0.15, 0.2) is 6.61 Å². The molecule has 124 valence electrons. The molecular formula is C19H25NO3. The summed E-state index contributed by atoms with van der Waals surface area (Å²) in [7, 11) is 0. The van der Waals surface area contributed by atoms with Crippen LogP contribution in [-0.2, 0) is 33.6 Å². The van der Waals surface area contributed by atoms with Crippen LogP contribution in [0.25, 0.3) is 0 Å². The van der Waals surface area contributed by atoms with Crippen LogP contribution in [0.4, 0.5) is 0 Å². The van der Waals surface area contributed by atoms with E-state index in [-0.39, 0.29) is 30.9 Å². The van der Waals surface area contributed by atoms with Gasteiger partial charge in [0, 0.05) is 6.04 Å². The van der Waals surface area contributed by atoms with Crippen molar-refractivity contribution < 1.29 is 14.3 Å². The van der Waals surface area contributed by atoms with Crippen molar-refractivity contribution in [2.24, 2.45) is 0 Å². The molecule has 0 aromatic heterocycles. The molecule has 2 aliphatic carbocycles. The molecule has 1 N–H and O–H groups in total. The van der Waals surface area contributed by atoms with Gasteiger partial charge in [0.1, 0.15) is 0 Å². The van der Waals surface area contributed by atoms with Crippen LogP contribution < -0.4 is 5.32 Å². The highest BCUT2D eigenvalue weighted by Gasteiger charge is 2.17. The Kier molecular flexibility index (Phi) is 5.31. The van der Waals surface area contributed by atoms with E-state index < -0.39 is 0 Å². The Hall–Kier alpha value is -1.84. The highest BCUT2D eigenvalue weighted by atomic mass is 16.5. The van der Waals surface area contributed by atoms with Crippen LogP contribution in [0, 0.1) is 0 Å². The van der Waals surface area contributed by atoms with Gasteiger partial charge in [-0.3, -0.25) is 9.59 Å². The summed E-state index contributed by atoms with van der Waals surface area (Å²) in [5.74, 6) is -0.513. The number of benzene rings is 1. The topological polar surface area (TPSA) is 55.4 Å². The minimum atomic E-state index is -0.332. The van der Waals surface area contributed by atoms with E-state index in [0.29, 0.717) is 0 Å². The van der Waals surface area contributed by atoms with E-state index in [1.807, 2.05) is 6.07 Å². The van der Waals surface area contributed by atoms with Gasteiger partial charge in [0.25, 0.3) is 5.91 Å². The van der Waals surface area contributed by atoms with Crippen molar-refractivity contribution in [1.29, 1.82) is 0 Å². The second-order valence-electron chi connectivity index (χ2n) is 6.70. The maximum absolute atomic E-state index is 11.9. The first-order chi connectivity index (χ1) is 11.2. The number of esters is 1. The van der Waals surface area contributed by atoms with Gasteiger partial charge >= 0.3 is 5.97 Å². The summed E-state index contributed by atoms with van der Waals surface area (Å²) >= 11 is 0. The first-order valence-electron chi connectivity index (χ1n) is 8.76. The number of ether oxygens (including phenoxy) is 1. The summed E-state index contributed by atoms with van der Waals surface area (Å²) in [5.41, 5.74) is 3.72. The number of aryl methyl sites for hydroxylation is 2. The lowest BCUT2D eigenvalue weighted by Gasteiger charge is -2.22. The van der Waals surface area contributed by atoms with Crippen molar-refractivity contribution in [3.05, 3.63) is 34.9 Å². The minimum Gasteiger partial charge on any atom is -0.455 e. The molecule has 23 heavy (non-hydrogen) atoms. The minimum absolute atomic E-state index is 0.166. The number of carbonyl (C=O) groups excluding carboxylic acids is 2. The highest BCUT2D eigenvalue weighted by Crippen LogP contribution is 2.23. The molecule has 0 bridgehead atoms. The first-order valence-corrected chi connectivity index (χ1v) is 8.76. The van der Waals surface area contributed by atoms with Crippen LogP contribution in [0.2, 0.25) is 0 Å². The van der Waals surface area contributed by atoms with Crippen molar-refractivity contribution in [2.75, 3.05) is 6.61 Å². The molecule has 4 nitrogen and oxygen atoms in total. The molecule has 0 heterocycles. The third kappa shape index (κ3) is 4.57. The molecular weight excluding hydrogens is 290 g/mol. The molecule has 1 aromatic rings. The van der Waals surface area contributed by atoms with Gasteiger partial charge in [-0.1, -0.05) is 37.5 Å². The summed E-state index contributed by atoms with van der Waals surface area (Å²) in [5, 5.41) is 2.96. The fraction of sp³-hybridized carbons (Fsp3) is 0.579. The Morgan fingerprint density at radius 2 is 1.83 bits per heavy atom. The summed E-state index contributed by atoms with van der Waals surface area (Å²) in [6, 6.07) is 6.46. The lowest BCUT2D eigenvalue weighted by molar-refractivity contribution is -0.148. The smallest absolute Gasteiger partial charge is 0.310 e. The fourth-order valence-corrected chi connectivity index (χ4v) is 3.62. The molecule has 0 radical (unpaired) electrons. The summed E-state index contributed by atoms with van der Waals surface area (Å²) in [6.45, 7) is -0.166. The standard InChI is InChI=1S/C19H25NO3/c21-18(20-17-7-2-1-3-8-17)13-23-19(22)12-14-9-10-15-5-4-6-16(15)11-14/h9-11,17H,1-8,12-13H2,(H,20,21). The fourth-order valence-electron chi connectivity index (χ4n) is 3.62. The number of hydrogen-bond donors (Lipinski definition) is 1. The normalized spacial score (nSPS) is 17.6. The van der Waals surface area contributed by atoms with Crippen molar-refractivity contribution in [2.45, 2.75) is 63.8 Å². The lowest BCUT2D eigenvalue weighted by atomic mass is 9.95. The molecule has 1 aromatic carbocycles. The molecule has 3 rings (SSSR count). The van der Waals surface area contributed by atoms with Crippen LogP contribution in [0.1, 0.15) is 55.2 Å². The number of amides is 1. The zero-order chi connectivity index (χ0) is 16.1. The van der Waals surface area contributed by atoms with E-state index in [2.05, 4.69) is 17.4 Å². The Balaban J connectivity index is 1.41. The third-order valence-corrected chi connectivity index (χ3v) is 4.85. The third-order valence-electron chi connectivity index (χ3n) is 4.85. The number of fused-ring (bicyclic) bond motifs is 1. The van der Waals surface area contributed by atoms with E-state index in [9.17, 15) is 9.59 Å². The van der Waals surface area contributed by atoms with Gasteiger partial charge in [0.2, 0.25) is 0 Å². The van der Waals surface area contributed by atoms with Gasteiger partial charge in [0.05, 0.1) is 6.42 Å². The van der Waals surface area contributed by atoms with E-state index in [0.717, 1.165) is 31.2 Å². The number of nitrogens with one attached hydrogen (secondary N) is 1. The van der Waals surface area contributed by atoms with E-state index in [1.165, 1.54) is 36.8 Å². The molecule has 1 amide bonds. The predicted molar refractivity (Wildman–Crippen MR) is 88.1 cm³/mol. The molecule has 0 saturated heterocycles. The quantitative estimate of drug-likeness (QED) is 0.850. The molecule has 1 saturated carbocycles. The van der Waals surface area contributed by atoms with Crippen molar-refractivity contribution in [3.8, 4) is 0 Å². The molecule has 2 aliphatic rings. The van der Waals surface area contributed by atoms with E-state index in [1.54, 1.807) is 0 Å². The van der Waals surface area contributed by atoms with E-state index >= 15 is 0 Å². The highest BCUT2D eigenvalue weighted by molar-refractivity contribution is 5.81. The Labute approximate surface area is 137 Å². The molecule has 0 unspecified atom stereocenters. The number of hydrogen-bond acceptors (Lipinski definition) is 3. The van der Waals surface area contributed by atoms with Crippen LogP contribution in [0.5, 0.6) is 0 Å². The van der Waals surface area contributed by atoms with Crippen molar-refractivity contribution >= 4 is 11.9 Å². The Morgan fingerprint density at radius 1 is 1.04 bits per heavy atom. The summed E-state index contributed by atoms with van der Waals surface area (Å²) in [4.78, 5) is 23.7. The molecule has 0 spiro atoms. The van der Waals surface area contributed by atoms with Crippen LogP contribution >= 0.6 is 0 Å². The molecule has 0 atom stereocenters. The second-order valence-corrected chi connectivity index (χ2v) is 6.70. The Bertz CT molecular complexity index is 576. The monoisotopic (exact) mass is 315 g/mol. The van der Waals surface area contributed by atoms with Gasteiger partial charge in [-0.2, -0.15) is 0 Å². The number of rotatable bonds is 5. The van der Waals surface area contributed by atoms with Gasteiger partial charge < -0.3 is 10.1 Å². The maximum Gasteiger partial charge on any atom is 0.310 e. The Morgan fingerprint density at radius 3 is 2.65 bits per heavy atom. The predicted octanol–water partition coefficient (Wildman–Crippen LogP) is 2.71. The summed E-state index contributed by atoms with van der Waals surface area (Å²) < 4.78 is 5.12. The largest absolute Gasteiger partial charge is 0.455 e. The first kappa shape index (κ1) is 16.0. The average Bonchev–Trinajstić information content (AvgIpc) is 3.01. The van der Waals surface area contributed by atoms with Crippen molar-refractivity contribution in [1.82, 2.24) is 5.32 Å². The van der Waals surface area contributed by atoms with Gasteiger partial charge in [-0.25, -0.2) is 0 Å². The van der Waals surface area contributed by atoms with E-state index in [4.69, 9.17) is 4.74 Å². The molecule has 4 heteroatoms. The zero-order valence-electron chi connectivity index (χ0n) is 13.6. The lowest BCUT2D eigenvalue weighted by Crippen LogP contribution is -2.38. The van der Waals surface area contributed by atoms with Crippen LogP contribution in [0.15, 0.2) is 18.2 Å². The van der Waals surface area contributed by atoms with Crippen LogP contribution in [-0.4, -0.2) is 24.5 Å². The number of carbonyl (C=O) groups is 2. The average molecular weight is 315 g/mol. The van der Waals surface area contributed by atoms with Gasteiger partial charge in [-0.05, 0) is 48.8 Å². The SMILES string of the molecule is O=C(COC(=O)Cc1ccc2c(c1)CCC2)NC1CCCCC1. The van der Waals surface area contributed by atoms with Crippen molar-refractivity contribution in [3.63, 3.8) is 0 Å². The van der Waals surface area contributed by atoms with Crippen LogP contribution in [0.3, 0.4) is 0 Å². The molecule has 1 fully saturated rings. The maximum atomic E-state index is 11.9.